The average molecular weight is 382 g/mol. The summed E-state index contributed by atoms with van der Waals surface area (Å²) in [6.07, 6.45) is -3.22. The number of para-hydroxylation sites is 1. The summed E-state index contributed by atoms with van der Waals surface area (Å²) in [5, 5.41) is 5.79. The van der Waals surface area contributed by atoms with Crippen molar-refractivity contribution in [1.82, 2.24) is 5.32 Å². The van der Waals surface area contributed by atoms with Crippen molar-refractivity contribution in [2.75, 3.05) is 18.4 Å². The van der Waals surface area contributed by atoms with Crippen molar-refractivity contribution >= 4 is 11.6 Å². The third kappa shape index (κ3) is 4.77. The van der Waals surface area contributed by atoms with E-state index >= 15 is 0 Å². The molecule has 1 amide bonds. The van der Waals surface area contributed by atoms with Gasteiger partial charge in [0.2, 0.25) is 5.91 Å². The van der Waals surface area contributed by atoms with Crippen LogP contribution >= 0.6 is 0 Å². The van der Waals surface area contributed by atoms with Crippen molar-refractivity contribution < 1.29 is 27.1 Å². The van der Waals surface area contributed by atoms with Crippen LogP contribution in [0.3, 0.4) is 0 Å². The molecule has 2 aromatic carbocycles. The van der Waals surface area contributed by atoms with Crippen LogP contribution in [-0.2, 0) is 11.0 Å². The number of halogens is 4. The summed E-state index contributed by atoms with van der Waals surface area (Å²) in [7, 11) is 0. The zero-order chi connectivity index (χ0) is 19.4. The third-order valence-corrected chi connectivity index (χ3v) is 4.32. The summed E-state index contributed by atoms with van der Waals surface area (Å²) in [4.78, 5) is 12.2. The van der Waals surface area contributed by atoms with Gasteiger partial charge in [0.05, 0.1) is 5.56 Å². The van der Waals surface area contributed by atoms with Gasteiger partial charge in [0.1, 0.15) is 5.75 Å². The Labute approximate surface area is 153 Å². The maximum absolute atomic E-state index is 14.3. The lowest BCUT2D eigenvalue weighted by Gasteiger charge is -2.21. The van der Waals surface area contributed by atoms with Crippen molar-refractivity contribution in [3.05, 3.63) is 53.8 Å². The first-order chi connectivity index (χ1) is 12.8. The molecule has 0 radical (unpaired) electrons. The smallest absolute Gasteiger partial charge is 0.419 e. The molecule has 8 heteroatoms. The molecule has 0 saturated carbocycles. The predicted molar refractivity (Wildman–Crippen MR) is 92.1 cm³/mol. The Morgan fingerprint density at radius 1 is 1.07 bits per heavy atom. The van der Waals surface area contributed by atoms with E-state index in [1.54, 1.807) is 0 Å². The summed E-state index contributed by atoms with van der Waals surface area (Å²) in [5.41, 5.74) is -0.764. The van der Waals surface area contributed by atoms with Gasteiger partial charge in [-0.3, -0.25) is 4.79 Å². The van der Waals surface area contributed by atoms with Crippen molar-refractivity contribution in [1.29, 1.82) is 0 Å². The van der Waals surface area contributed by atoms with E-state index in [0.717, 1.165) is 31.3 Å². The molecular weight excluding hydrogens is 364 g/mol. The number of ether oxygens (including phenoxy) is 1. The van der Waals surface area contributed by atoms with E-state index in [1.807, 2.05) is 0 Å². The number of amides is 1. The third-order valence-electron chi connectivity index (χ3n) is 4.32. The lowest BCUT2D eigenvalue weighted by atomic mass is 9.97. The average Bonchev–Trinajstić information content (AvgIpc) is 2.64. The second kappa shape index (κ2) is 7.96. The van der Waals surface area contributed by atoms with Gasteiger partial charge >= 0.3 is 6.18 Å². The number of hydrogen-bond donors (Lipinski definition) is 2. The first-order valence-electron chi connectivity index (χ1n) is 8.50. The fourth-order valence-electron chi connectivity index (χ4n) is 2.90. The lowest BCUT2D eigenvalue weighted by molar-refractivity contribution is -0.138. The van der Waals surface area contributed by atoms with E-state index in [4.69, 9.17) is 4.74 Å². The van der Waals surface area contributed by atoms with Gasteiger partial charge in [-0.2, -0.15) is 13.2 Å². The molecule has 1 aliphatic rings. The van der Waals surface area contributed by atoms with Gasteiger partial charge in [0, 0.05) is 17.7 Å². The van der Waals surface area contributed by atoms with Crippen LogP contribution in [0.2, 0.25) is 0 Å². The molecule has 144 valence electrons. The van der Waals surface area contributed by atoms with Gasteiger partial charge in [-0.05, 0) is 50.2 Å². The molecule has 1 fully saturated rings. The van der Waals surface area contributed by atoms with Crippen LogP contribution in [0.15, 0.2) is 42.5 Å². The normalized spacial score (nSPS) is 15.4. The highest BCUT2D eigenvalue weighted by atomic mass is 19.4. The zero-order valence-electron chi connectivity index (χ0n) is 14.3. The molecular formula is C19H18F4N2O2. The van der Waals surface area contributed by atoms with Crippen LogP contribution in [0.1, 0.15) is 18.4 Å². The summed E-state index contributed by atoms with van der Waals surface area (Å²) in [6.45, 7) is 1.50. The van der Waals surface area contributed by atoms with E-state index in [9.17, 15) is 22.4 Å². The standard InChI is InChI=1S/C19H18F4N2O2/c20-15-11-13(25-18(26)12-7-9-24-10-8-12)5-6-17(15)27-16-4-2-1-3-14(16)19(21,22)23/h1-6,11-12,24H,7-10H2,(H,25,26). The number of alkyl halides is 3. The number of anilines is 1. The highest BCUT2D eigenvalue weighted by Gasteiger charge is 2.34. The monoisotopic (exact) mass is 382 g/mol. The quantitative estimate of drug-likeness (QED) is 0.762. The largest absolute Gasteiger partial charge is 0.454 e. The minimum absolute atomic E-state index is 0.149. The first kappa shape index (κ1) is 19.2. The van der Waals surface area contributed by atoms with E-state index in [0.29, 0.717) is 12.8 Å². The summed E-state index contributed by atoms with van der Waals surface area (Å²) < 4.78 is 58.4. The molecule has 0 spiro atoms. The van der Waals surface area contributed by atoms with Crippen LogP contribution in [0, 0.1) is 11.7 Å². The fourth-order valence-corrected chi connectivity index (χ4v) is 2.90. The highest BCUT2D eigenvalue weighted by Crippen LogP contribution is 2.38. The van der Waals surface area contributed by atoms with Gasteiger partial charge in [0.25, 0.3) is 0 Å². The minimum Gasteiger partial charge on any atom is -0.454 e. The second-order valence-electron chi connectivity index (χ2n) is 6.25. The van der Waals surface area contributed by atoms with E-state index in [1.165, 1.54) is 24.3 Å². The second-order valence-corrected chi connectivity index (χ2v) is 6.25. The molecule has 3 rings (SSSR count). The lowest BCUT2D eigenvalue weighted by Crippen LogP contribution is -2.34. The number of carbonyl (C=O) groups is 1. The van der Waals surface area contributed by atoms with Crippen molar-refractivity contribution in [3.63, 3.8) is 0 Å². The van der Waals surface area contributed by atoms with Gasteiger partial charge in [-0.1, -0.05) is 12.1 Å². The molecule has 0 aromatic heterocycles. The fraction of sp³-hybridized carbons (Fsp3) is 0.316. The number of carbonyl (C=O) groups excluding carboxylic acids is 1. The molecule has 4 nitrogen and oxygen atoms in total. The molecule has 2 aromatic rings. The molecule has 0 atom stereocenters. The highest BCUT2D eigenvalue weighted by molar-refractivity contribution is 5.92. The SMILES string of the molecule is O=C(Nc1ccc(Oc2ccccc2C(F)(F)F)c(F)c1)C1CCNCC1. The first-order valence-corrected chi connectivity index (χ1v) is 8.50. The van der Waals surface area contributed by atoms with Crippen molar-refractivity contribution in [2.45, 2.75) is 19.0 Å². The number of piperidine rings is 1. The minimum atomic E-state index is -4.62. The van der Waals surface area contributed by atoms with Crippen LogP contribution in [0.4, 0.5) is 23.2 Å². The van der Waals surface area contributed by atoms with Gasteiger partial charge in [-0.15, -0.1) is 0 Å². The van der Waals surface area contributed by atoms with Crippen LogP contribution < -0.4 is 15.4 Å². The number of nitrogens with one attached hydrogen (secondary N) is 2. The van der Waals surface area contributed by atoms with Crippen LogP contribution in [0.5, 0.6) is 11.5 Å². The number of benzene rings is 2. The molecule has 0 bridgehead atoms. The van der Waals surface area contributed by atoms with Crippen molar-refractivity contribution in [2.24, 2.45) is 5.92 Å². The summed E-state index contributed by atoms with van der Waals surface area (Å²) in [5.74, 6) is -2.06. The zero-order valence-corrected chi connectivity index (χ0v) is 14.3. The maximum Gasteiger partial charge on any atom is 0.419 e. The molecule has 1 saturated heterocycles. The molecule has 2 N–H and O–H groups in total. The molecule has 27 heavy (non-hydrogen) atoms. The van der Waals surface area contributed by atoms with Gasteiger partial charge in [-0.25, -0.2) is 4.39 Å². The number of hydrogen-bond acceptors (Lipinski definition) is 3. The molecule has 1 heterocycles. The van der Waals surface area contributed by atoms with Crippen LogP contribution in [0.25, 0.3) is 0 Å². The van der Waals surface area contributed by atoms with E-state index < -0.39 is 23.3 Å². The van der Waals surface area contributed by atoms with Crippen LogP contribution in [-0.4, -0.2) is 19.0 Å². The Kier molecular flexibility index (Phi) is 5.65. The topological polar surface area (TPSA) is 50.4 Å². The van der Waals surface area contributed by atoms with Gasteiger partial charge < -0.3 is 15.4 Å². The Morgan fingerprint density at radius 3 is 2.44 bits per heavy atom. The van der Waals surface area contributed by atoms with Gasteiger partial charge in [0.15, 0.2) is 11.6 Å². The maximum atomic E-state index is 14.3. The molecule has 0 aliphatic carbocycles. The molecule has 1 aliphatic heterocycles. The molecule has 0 unspecified atom stereocenters. The van der Waals surface area contributed by atoms with E-state index in [-0.39, 0.29) is 23.3 Å². The Hall–Kier alpha value is -2.61. The van der Waals surface area contributed by atoms with E-state index in [2.05, 4.69) is 10.6 Å². The van der Waals surface area contributed by atoms with Crippen molar-refractivity contribution in [3.8, 4) is 11.5 Å². The Morgan fingerprint density at radius 2 is 1.78 bits per heavy atom. The Bertz CT molecular complexity index is 818. The number of rotatable bonds is 4. The Balaban J connectivity index is 1.73. The summed E-state index contributed by atoms with van der Waals surface area (Å²) >= 11 is 0. The predicted octanol–water partition coefficient (Wildman–Crippen LogP) is 4.57. The summed E-state index contributed by atoms with van der Waals surface area (Å²) in [6, 6.07) is 8.20.